The molecular weight excluding hydrogens is 272 g/mol. The minimum absolute atomic E-state index is 0.104. The van der Waals surface area contributed by atoms with Crippen molar-refractivity contribution in [3.63, 3.8) is 0 Å². The van der Waals surface area contributed by atoms with Gasteiger partial charge in [0.2, 0.25) is 5.91 Å². The molecule has 0 radical (unpaired) electrons. The lowest BCUT2D eigenvalue weighted by Crippen LogP contribution is -2.56. The number of hydrogen-bond donors (Lipinski definition) is 1. The number of carbonyl (C=O) groups is 1. The van der Waals surface area contributed by atoms with Crippen LogP contribution in [0.25, 0.3) is 0 Å². The summed E-state index contributed by atoms with van der Waals surface area (Å²) >= 11 is 0. The van der Waals surface area contributed by atoms with E-state index in [0.717, 1.165) is 32.4 Å². The monoisotopic (exact) mass is 312 g/mol. The summed E-state index contributed by atoms with van der Waals surface area (Å²) in [5.41, 5.74) is 5.61. The number of amides is 1. The Morgan fingerprint density at radius 3 is 1.55 bits per heavy atom. The molecule has 0 aliphatic carbocycles. The number of nitrogens with zero attached hydrogens (tertiary/aromatic N) is 1. The minimum Gasteiger partial charge on any atom is -0.369 e. The molecule has 1 amide bonds. The van der Waals surface area contributed by atoms with Crippen molar-refractivity contribution in [2.24, 2.45) is 28.9 Å². The van der Waals surface area contributed by atoms with Crippen molar-refractivity contribution in [3.8, 4) is 0 Å². The van der Waals surface area contributed by atoms with Crippen molar-refractivity contribution in [3.05, 3.63) is 0 Å². The van der Waals surface area contributed by atoms with Gasteiger partial charge in [0.25, 0.3) is 0 Å². The van der Waals surface area contributed by atoms with Crippen LogP contribution in [-0.4, -0.2) is 29.9 Å². The zero-order valence-corrected chi connectivity index (χ0v) is 16.3. The molecule has 0 bridgehead atoms. The number of carbonyl (C=O) groups excluding carboxylic acids is 1. The van der Waals surface area contributed by atoms with Crippen LogP contribution in [0.1, 0.15) is 74.7 Å². The van der Waals surface area contributed by atoms with E-state index in [1.165, 1.54) is 0 Å². The lowest BCUT2D eigenvalue weighted by atomic mass is 9.66. The fourth-order valence-electron chi connectivity index (χ4n) is 4.01. The number of rotatable bonds is 11. The van der Waals surface area contributed by atoms with Crippen LogP contribution >= 0.6 is 0 Å². The average molecular weight is 313 g/mol. The van der Waals surface area contributed by atoms with Gasteiger partial charge in [0.1, 0.15) is 0 Å². The van der Waals surface area contributed by atoms with E-state index in [2.05, 4.69) is 60.3 Å². The largest absolute Gasteiger partial charge is 0.369 e. The smallest absolute Gasteiger partial charge is 0.225 e. The quantitative estimate of drug-likeness (QED) is 0.618. The predicted molar refractivity (Wildman–Crippen MR) is 96.7 cm³/mol. The van der Waals surface area contributed by atoms with Crippen LogP contribution in [-0.2, 0) is 4.79 Å². The van der Waals surface area contributed by atoms with E-state index in [1.54, 1.807) is 0 Å². The highest BCUT2D eigenvalue weighted by Crippen LogP contribution is 2.42. The van der Waals surface area contributed by atoms with Gasteiger partial charge in [-0.3, -0.25) is 9.69 Å². The summed E-state index contributed by atoms with van der Waals surface area (Å²) < 4.78 is 0. The van der Waals surface area contributed by atoms with Crippen LogP contribution in [0.2, 0.25) is 0 Å². The van der Waals surface area contributed by atoms with Crippen LogP contribution < -0.4 is 5.73 Å². The van der Waals surface area contributed by atoms with Crippen LogP contribution in [0, 0.1) is 23.2 Å². The molecule has 132 valence electrons. The van der Waals surface area contributed by atoms with Gasteiger partial charge in [-0.05, 0) is 50.1 Å². The number of nitrogens with two attached hydrogens (primary N) is 1. The van der Waals surface area contributed by atoms with Gasteiger partial charge < -0.3 is 5.73 Å². The molecule has 0 saturated carbocycles. The van der Waals surface area contributed by atoms with Gasteiger partial charge in [-0.1, -0.05) is 55.4 Å². The molecule has 0 rings (SSSR count). The molecule has 1 unspecified atom stereocenters. The third kappa shape index (κ3) is 5.91. The Hall–Kier alpha value is -0.570. The first-order chi connectivity index (χ1) is 10.1. The highest BCUT2D eigenvalue weighted by atomic mass is 16.1. The average Bonchev–Trinajstić information content (AvgIpc) is 2.36. The topological polar surface area (TPSA) is 46.3 Å². The van der Waals surface area contributed by atoms with E-state index in [9.17, 15) is 4.79 Å². The lowest BCUT2D eigenvalue weighted by molar-refractivity contribution is -0.135. The number of primary amides is 1. The van der Waals surface area contributed by atoms with Crippen molar-refractivity contribution in [2.45, 2.75) is 80.7 Å². The van der Waals surface area contributed by atoms with Crippen LogP contribution in [0.3, 0.4) is 0 Å². The summed E-state index contributed by atoms with van der Waals surface area (Å²) in [5, 5.41) is 0. The Morgan fingerprint density at radius 2 is 1.32 bits per heavy atom. The van der Waals surface area contributed by atoms with Crippen molar-refractivity contribution in [1.82, 2.24) is 4.90 Å². The standard InChI is InChI=1S/C19H40N2O/c1-9-21(10-2)17(11-14(3)4)19(18(20)22,12-15(5)6)13-16(7)8/h14-17H,9-13H2,1-8H3,(H2,20,22). The maximum atomic E-state index is 12.6. The molecule has 0 spiro atoms. The third-order valence-corrected chi connectivity index (χ3v) is 4.62. The second-order valence-corrected chi connectivity index (χ2v) is 8.08. The van der Waals surface area contributed by atoms with Gasteiger partial charge >= 0.3 is 0 Å². The first-order valence-electron chi connectivity index (χ1n) is 9.14. The van der Waals surface area contributed by atoms with Gasteiger partial charge in [-0.25, -0.2) is 0 Å². The van der Waals surface area contributed by atoms with Crippen molar-refractivity contribution >= 4 is 5.91 Å². The molecule has 0 aromatic heterocycles. The first-order valence-corrected chi connectivity index (χ1v) is 9.14. The molecule has 0 aromatic rings. The Bertz CT molecular complexity index is 309. The van der Waals surface area contributed by atoms with E-state index in [0.29, 0.717) is 17.8 Å². The van der Waals surface area contributed by atoms with Gasteiger partial charge in [0.05, 0.1) is 5.41 Å². The van der Waals surface area contributed by atoms with Crippen LogP contribution in [0.4, 0.5) is 0 Å². The summed E-state index contributed by atoms with van der Waals surface area (Å²) in [6.45, 7) is 19.6. The van der Waals surface area contributed by atoms with E-state index >= 15 is 0 Å². The minimum atomic E-state index is -0.418. The molecular formula is C19H40N2O. The van der Waals surface area contributed by atoms with Crippen LogP contribution in [0.15, 0.2) is 0 Å². The third-order valence-electron chi connectivity index (χ3n) is 4.62. The summed E-state index contributed by atoms with van der Waals surface area (Å²) in [5.74, 6) is 1.39. The van der Waals surface area contributed by atoms with E-state index in [4.69, 9.17) is 5.73 Å². The van der Waals surface area contributed by atoms with Crippen LogP contribution in [0.5, 0.6) is 0 Å². The predicted octanol–water partition coefficient (Wildman–Crippen LogP) is 4.31. The van der Waals surface area contributed by atoms with E-state index < -0.39 is 5.41 Å². The van der Waals surface area contributed by atoms with E-state index in [-0.39, 0.29) is 11.9 Å². The molecule has 2 N–H and O–H groups in total. The lowest BCUT2D eigenvalue weighted by Gasteiger charge is -2.46. The molecule has 0 aromatic carbocycles. The second-order valence-electron chi connectivity index (χ2n) is 8.08. The number of hydrogen-bond acceptors (Lipinski definition) is 2. The van der Waals surface area contributed by atoms with Gasteiger partial charge in [-0.15, -0.1) is 0 Å². The first kappa shape index (κ1) is 21.4. The fourth-order valence-corrected chi connectivity index (χ4v) is 4.01. The van der Waals surface area contributed by atoms with Gasteiger partial charge in [-0.2, -0.15) is 0 Å². The van der Waals surface area contributed by atoms with Crippen molar-refractivity contribution in [2.75, 3.05) is 13.1 Å². The fraction of sp³-hybridized carbons (Fsp3) is 0.947. The molecule has 0 heterocycles. The molecule has 0 fully saturated rings. The maximum absolute atomic E-state index is 12.6. The Labute approximate surface area is 139 Å². The normalized spacial score (nSPS) is 14.4. The second kappa shape index (κ2) is 9.54. The van der Waals surface area contributed by atoms with Crippen molar-refractivity contribution in [1.29, 1.82) is 0 Å². The SMILES string of the molecule is CCN(CC)C(CC(C)C)C(CC(C)C)(CC(C)C)C(N)=O. The highest BCUT2D eigenvalue weighted by molar-refractivity contribution is 5.81. The molecule has 3 heteroatoms. The summed E-state index contributed by atoms with van der Waals surface area (Å²) in [6.07, 6.45) is 2.80. The zero-order valence-electron chi connectivity index (χ0n) is 16.3. The summed E-state index contributed by atoms with van der Waals surface area (Å²) in [4.78, 5) is 15.1. The van der Waals surface area contributed by atoms with E-state index in [1.807, 2.05) is 0 Å². The highest BCUT2D eigenvalue weighted by Gasteiger charge is 2.46. The van der Waals surface area contributed by atoms with Gasteiger partial charge in [0.15, 0.2) is 0 Å². The zero-order chi connectivity index (χ0) is 17.5. The molecule has 3 nitrogen and oxygen atoms in total. The molecule has 1 atom stereocenters. The Morgan fingerprint density at radius 1 is 0.909 bits per heavy atom. The maximum Gasteiger partial charge on any atom is 0.225 e. The molecule has 0 aliphatic heterocycles. The summed E-state index contributed by atoms with van der Waals surface area (Å²) in [7, 11) is 0. The molecule has 0 saturated heterocycles. The molecule has 0 aliphatic rings. The Kier molecular flexibility index (Phi) is 9.30. The van der Waals surface area contributed by atoms with Crippen molar-refractivity contribution < 1.29 is 4.79 Å². The molecule has 22 heavy (non-hydrogen) atoms. The Balaban J connectivity index is 5.91. The summed E-state index contributed by atoms with van der Waals surface area (Å²) in [6, 6.07) is 0.241. The van der Waals surface area contributed by atoms with Gasteiger partial charge in [0, 0.05) is 6.04 Å².